The van der Waals surface area contributed by atoms with Crippen LogP contribution < -0.4 is 10.2 Å². The molecule has 0 spiro atoms. The Balaban J connectivity index is 2.21. The van der Waals surface area contributed by atoms with Crippen LogP contribution in [0.4, 0.5) is 10.2 Å². The first-order valence-electron chi connectivity index (χ1n) is 5.82. The van der Waals surface area contributed by atoms with Crippen LogP contribution in [-0.2, 0) is 6.54 Å². The molecule has 3 nitrogen and oxygen atoms in total. The highest BCUT2D eigenvalue weighted by Crippen LogP contribution is 2.27. The van der Waals surface area contributed by atoms with Gasteiger partial charge in [0.25, 0.3) is 0 Å². The van der Waals surface area contributed by atoms with E-state index in [2.05, 4.69) is 10.3 Å². The number of hydrogen-bond acceptors (Lipinski definition) is 4. The Morgan fingerprint density at radius 2 is 2.47 bits per heavy atom. The molecule has 1 aliphatic heterocycles. The van der Waals surface area contributed by atoms with Crippen molar-refractivity contribution in [1.29, 1.82) is 0 Å². The first-order valence-corrected chi connectivity index (χ1v) is 6.98. The summed E-state index contributed by atoms with van der Waals surface area (Å²) in [7, 11) is 3.75. The van der Waals surface area contributed by atoms with Gasteiger partial charge in [-0.1, -0.05) is 0 Å². The molecular formula is C12H18FN3S. The Labute approximate surface area is 106 Å². The number of nitrogens with zero attached hydrogens (tertiary/aromatic N) is 2. The zero-order chi connectivity index (χ0) is 12.3. The number of thioether (sulfide) groups is 1. The highest BCUT2D eigenvalue weighted by molar-refractivity contribution is 7.99. The van der Waals surface area contributed by atoms with E-state index in [0.29, 0.717) is 24.0 Å². The predicted octanol–water partition coefficient (Wildman–Crippen LogP) is 1.88. The molecule has 0 saturated carbocycles. The molecule has 1 aromatic heterocycles. The van der Waals surface area contributed by atoms with E-state index in [1.165, 1.54) is 0 Å². The predicted molar refractivity (Wildman–Crippen MR) is 71.1 cm³/mol. The molecule has 0 bridgehead atoms. The molecular weight excluding hydrogens is 237 g/mol. The Morgan fingerprint density at radius 3 is 3.12 bits per heavy atom. The molecule has 2 rings (SSSR count). The Morgan fingerprint density at radius 1 is 1.65 bits per heavy atom. The van der Waals surface area contributed by atoms with Crippen molar-refractivity contribution < 1.29 is 4.39 Å². The average Bonchev–Trinajstić information content (AvgIpc) is 2.85. The lowest BCUT2D eigenvalue weighted by molar-refractivity contribution is 0.577. The molecule has 5 heteroatoms. The molecule has 94 valence electrons. The van der Waals surface area contributed by atoms with Crippen molar-refractivity contribution >= 4 is 17.6 Å². The molecule has 0 aliphatic carbocycles. The van der Waals surface area contributed by atoms with Crippen molar-refractivity contribution in [1.82, 2.24) is 10.3 Å². The third-order valence-electron chi connectivity index (χ3n) is 3.11. The van der Waals surface area contributed by atoms with E-state index in [-0.39, 0.29) is 5.82 Å². The number of pyridine rings is 1. The number of nitrogens with one attached hydrogen (secondary N) is 1. The lowest BCUT2D eigenvalue weighted by Crippen LogP contribution is -2.33. The smallest absolute Gasteiger partial charge is 0.170 e. The third kappa shape index (κ3) is 2.72. The summed E-state index contributed by atoms with van der Waals surface area (Å²) in [6.07, 6.45) is 2.79. The van der Waals surface area contributed by atoms with Crippen molar-refractivity contribution in [2.24, 2.45) is 0 Å². The maximum Gasteiger partial charge on any atom is 0.170 e. The standard InChI is InChI=1S/C12H18FN3S/c1-14-7-9-3-5-15-12(11(9)13)16(2)10-4-6-17-8-10/h3,5,10,14H,4,6-8H2,1-2H3. The van der Waals surface area contributed by atoms with Gasteiger partial charge in [-0.25, -0.2) is 9.37 Å². The van der Waals surface area contributed by atoms with Gasteiger partial charge in [0.15, 0.2) is 11.6 Å². The Hall–Kier alpha value is -0.810. The van der Waals surface area contributed by atoms with E-state index in [1.54, 1.807) is 12.3 Å². The highest BCUT2D eigenvalue weighted by Gasteiger charge is 2.23. The van der Waals surface area contributed by atoms with E-state index < -0.39 is 0 Å². The van der Waals surface area contributed by atoms with Crippen LogP contribution in [0.1, 0.15) is 12.0 Å². The van der Waals surface area contributed by atoms with Gasteiger partial charge >= 0.3 is 0 Å². The van der Waals surface area contributed by atoms with Crippen LogP contribution in [0, 0.1) is 5.82 Å². The molecule has 2 heterocycles. The maximum atomic E-state index is 14.2. The topological polar surface area (TPSA) is 28.2 Å². The second-order valence-corrected chi connectivity index (χ2v) is 5.42. The third-order valence-corrected chi connectivity index (χ3v) is 4.25. The van der Waals surface area contributed by atoms with Crippen molar-refractivity contribution in [2.45, 2.75) is 19.0 Å². The normalized spacial score (nSPS) is 19.6. The summed E-state index contributed by atoms with van der Waals surface area (Å²) in [6.45, 7) is 0.536. The fourth-order valence-corrected chi connectivity index (χ4v) is 3.31. The van der Waals surface area contributed by atoms with Gasteiger partial charge in [-0.15, -0.1) is 0 Å². The minimum absolute atomic E-state index is 0.193. The molecule has 1 atom stereocenters. The summed E-state index contributed by atoms with van der Waals surface area (Å²) in [6, 6.07) is 2.14. The molecule has 1 fully saturated rings. The number of anilines is 1. The summed E-state index contributed by atoms with van der Waals surface area (Å²) >= 11 is 1.92. The molecule has 17 heavy (non-hydrogen) atoms. The van der Waals surface area contributed by atoms with Gasteiger partial charge in [0.1, 0.15) is 0 Å². The lowest BCUT2D eigenvalue weighted by atomic mass is 10.2. The second kappa shape index (κ2) is 5.69. The van der Waals surface area contributed by atoms with Gasteiger partial charge in [-0.05, 0) is 25.3 Å². The number of rotatable bonds is 4. The fourth-order valence-electron chi connectivity index (χ4n) is 2.04. The molecule has 0 radical (unpaired) electrons. The Bertz CT molecular complexity index is 380. The van der Waals surface area contributed by atoms with Crippen LogP contribution in [0.5, 0.6) is 0 Å². The van der Waals surface area contributed by atoms with Gasteiger partial charge in [0.2, 0.25) is 0 Å². The van der Waals surface area contributed by atoms with E-state index in [1.807, 2.05) is 30.8 Å². The van der Waals surface area contributed by atoms with Crippen molar-refractivity contribution in [3.05, 3.63) is 23.6 Å². The fraction of sp³-hybridized carbons (Fsp3) is 0.583. The van der Waals surface area contributed by atoms with E-state index in [9.17, 15) is 4.39 Å². The SMILES string of the molecule is CNCc1ccnc(N(C)C2CCSC2)c1F. The van der Waals surface area contributed by atoms with Crippen LogP contribution in [0.2, 0.25) is 0 Å². The Kier molecular flexibility index (Phi) is 4.23. The molecule has 1 aromatic rings. The van der Waals surface area contributed by atoms with Gasteiger partial charge in [-0.2, -0.15) is 11.8 Å². The van der Waals surface area contributed by atoms with E-state index in [4.69, 9.17) is 0 Å². The number of aromatic nitrogens is 1. The summed E-state index contributed by atoms with van der Waals surface area (Å²) in [5.74, 6) is 2.51. The largest absolute Gasteiger partial charge is 0.353 e. The summed E-state index contributed by atoms with van der Waals surface area (Å²) in [5, 5.41) is 2.97. The second-order valence-electron chi connectivity index (χ2n) is 4.27. The van der Waals surface area contributed by atoms with Crippen LogP contribution >= 0.6 is 11.8 Å². The van der Waals surface area contributed by atoms with Crippen LogP contribution in [0.3, 0.4) is 0 Å². The van der Waals surface area contributed by atoms with E-state index in [0.717, 1.165) is 17.9 Å². The summed E-state index contributed by atoms with van der Waals surface area (Å²) < 4.78 is 14.2. The van der Waals surface area contributed by atoms with Crippen LogP contribution in [-0.4, -0.2) is 36.6 Å². The summed E-state index contributed by atoms with van der Waals surface area (Å²) in [4.78, 5) is 6.16. The van der Waals surface area contributed by atoms with Crippen LogP contribution in [0.25, 0.3) is 0 Å². The molecule has 1 unspecified atom stereocenters. The molecule has 0 amide bonds. The lowest BCUT2D eigenvalue weighted by Gasteiger charge is -2.25. The van der Waals surface area contributed by atoms with E-state index >= 15 is 0 Å². The van der Waals surface area contributed by atoms with Gasteiger partial charge in [-0.3, -0.25) is 0 Å². The first-order chi connectivity index (χ1) is 8.24. The minimum Gasteiger partial charge on any atom is -0.353 e. The summed E-state index contributed by atoms with van der Waals surface area (Å²) in [5.41, 5.74) is 0.676. The molecule has 1 aliphatic rings. The van der Waals surface area contributed by atoms with Gasteiger partial charge in [0, 0.05) is 37.1 Å². The zero-order valence-corrected chi connectivity index (χ0v) is 11.1. The van der Waals surface area contributed by atoms with Crippen molar-refractivity contribution in [3.8, 4) is 0 Å². The zero-order valence-electron chi connectivity index (χ0n) is 10.2. The quantitative estimate of drug-likeness (QED) is 0.889. The molecule has 0 aromatic carbocycles. The molecule has 1 N–H and O–H groups in total. The van der Waals surface area contributed by atoms with Crippen LogP contribution in [0.15, 0.2) is 12.3 Å². The number of hydrogen-bond donors (Lipinski definition) is 1. The van der Waals surface area contributed by atoms with Gasteiger partial charge < -0.3 is 10.2 Å². The van der Waals surface area contributed by atoms with Crippen molar-refractivity contribution in [2.75, 3.05) is 30.5 Å². The van der Waals surface area contributed by atoms with Crippen molar-refractivity contribution in [3.63, 3.8) is 0 Å². The molecule has 1 saturated heterocycles. The first kappa shape index (κ1) is 12.6. The number of halogens is 1. The maximum absolute atomic E-state index is 14.2. The highest BCUT2D eigenvalue weighted by atomic mass is 32.2. The average molecular weight is 255 g/mol. The minimum atomic E-state index is -0.193. The van der Waals surface area contributed by atoms with Gasteiger partial charge in [0.05, 0.1) is 0 Å². The monoisotopic (exact) mass is 255 g/mol.